The molecule has 0 spiro atoms. The summed E-state index contributed by atoms with van der Waals surface area (Å²) in [5, 5.41) is 17.8. The number of azo groups is 1. The summed E-state index contributed by atoms with van der Waals surface area (Å²) in [6.07, 6.45) is 0. The van der Waals surface area contributed by atoms with E-state index >= 15 is 0 Å². The first-order valence-corrected chi connectivity index (χ1v) is 9.93. The molecule has 34 heavy (non-hydrogen) atoms. The minimum atomic E-state index is -0.203. The van der Waals surface area contributed by atoms with Crippen LogP contribution in [0.1, 0.15) is 15.9 Å². The van der Waals surface area contributed by atoms with Crippen LogP contribution in [0.2, 0.25) is 0 Å². The molecular weight excluding hydrogens is 454 g/mol. The number of nitrogen functional groups attached to an aromatic ring is 2. The third-order valence-corrected chi connectivity index (χ3v) is 4.44. The Morgan fingerprint density at radius 3 is 2.12 bits per heavy atom. The molecule has 3 aromatic carbocycles. The molecule has 174 valence electrons. The average molecular weight is 478 g/mol. The van der Waals surface area contributed by atoms with Gasteiger partial charge in [-0.25, -0.2) is 4.98 Å². The van der Waals surface area contributed by atoms with Crippen molar-refractivity contribution < 1.29 is 14.6 Å². The average Bonchev–Trinajstić information content (AvgIpc) is 2.84. The van der Waals surface area contributed by atoms with Crippen LogP contribution in [0.15, 0.2) is 101 Å². The van der Waals surface area contributed by atoms with Crippen LogP contribution in [0, 0.1) is 0 Å². The lowest BCUT2D eigenvalue weighted by molar-refractivity contribution is 0.103. The fourth-order valence-corrected chi connectivity index (χ4v) is 2.75. The van der Waals surface area contributed by atoms with Crippen LogP contribution in [0.25, 0.3) is 0 Å². The van der Waals surface area contributed by atoms with E-state index < -0.39 is 0 Å². The van der Waals surface area contributed by atoms with Crippen molar-refractivity contribution in [2.75, 3.05) is 18.6 Å². The number of aromatic hydroxyl groups is 1. The summed E-state index contributed by atoms with van der Waals surface area (Å²) in [5.41, 5.74) is 13.2. The van der Waals surface area contributed by atoms with E-state index in [1.807, 2.05) is 36.4 Å². The Labute approximate surface area is 203 Å². The summed E-state index contributed by atoms with van der Waals surface area (Å²) in [5.74, 6) is 0.895. The molecular formula is C25H24ClN5O3. The number of ketones is 1. The van der Waals surface area contributed by atoms with Gasteiger partial charge >= 0.3 is 0 Å². The summed E-state index contributed by atoms with van der Waals surface area (Å²) in [6, 6.07) is 26.2. The molecule has 4 rings (SSSR count). The number of hydrogen-bond acceptors (Lipinski definition) is 8. The summed E-state index contributed by atoms with van der Waals surface area (Å²) in [6.45, 7) is 0. The van der Waals surface area contributed by atoms with E-state index in [9.17, 15) is 9.90 Å². The molecule has 1 aromatic heterocycles. The largest absolute Gasteiger partial charge is 0.507 e. The number of methoxy groups -OCH3 is 1. The van der Waals surface area contributed by atoms with Crippen molar-refractivity contribution in [3.8, 4) is 11.5 Å². The first-order chi connectivity index (χ1) is 16.0. The van der Waals surface area contributed by atoms with Crippen molar-refractivity contribution in [3.63, 3.8) is 0 Å². The molecule has 0 amide bonds. The zero-order valence-corrected chi connectivity index (χ0v) is 19.1. The highest BCUT2D eigenvalue weighted by atomic mass is 35.5. The Bertz CT molecular complexity index is 1250. The van der Waals surface area contributed by atoms with Gasteiger partial charge in [0.05, 0.1) is 18.4 Å². The van der Waals surface area contributed by atoms with Crippen LogP contribution >= 0.6 is 12.4 Å². The number of carbonyl (C=O) groups is 1. The molecule has 0 unspecified atom stereocenters. The van der Waals surface area contributed by atoms with Crippen LogP contribution < -0.4 is 16.2 Å². The lowest BCUT2D eigenvalue weighted by atomic mass is 10.0. The van der Waals surface area contributed by atoms with Crippen LogP contribution in [-0.2, 0) is 0 Å². The van der Waals surface area contributed by atoms with Gasteiger partial charge in [-0.1, -0.05) is 48.5 Å². The highest BCUT2D eigenvalue weighted by molar-refractivity contribution is 6.10. The predicted octanol–water partition coefficient (Wildman–Crippen LogP) is 5.72. The van der Waals surface area contributed by atoms with Crippen molar-refractivity contribution in [1.82, 2.24) is 4.98 Å². The van der Waals surface area contributed by atoms with Crippen molar-refractivity contribution >= 4 is 41.2 Å². The number of benzene rings is 3. The van der Waals surface area contributed by atoms with Gasteiger partial charge in [-0.3, -0.25) is 4.79 Å². The highest BCUT2D eigenvalue weighted by Crippen LogP contribution is 2.26. The van der Waals surface area contributed by atoms with E-state index in [0.29, 0.717) is 22.8 Å². The number of ether oxygens (including phenoxy) is 1. The van der Waals surface area contributed by atoms with Gasteiger partial charge in [0.25, 0.3) is 0 Å². The Morgan fingerprint density at radius 1 is 0.882 bits per heavy atom. The topological polar surface area (TPSA) is 136 Å². The van der Waals surface area contributed by atoms with Crippen LogP contribution in [0.5, 0.6) is 11.5 Å². The number of hydrogen-bond donors (Lipinski definition) is 3. The number of halogens is 1. The van der Waals surface area contributed by atoms with Crippen LogP contribution in [0.4, 0.5) is 23.0 Å². The second kappa shape index (κ2) is 12.6. The second-order valence-electron chi connectivity index (χ2n) is 6.75. The normalized spacial score (nSPS) is 10.0. The number of phenols is 1. The third kappa shape index (κ3) is 7.04. The summed E-state index contributed by atoms with van der Waals surface area (Å²) in [7, 11) is 1.51. The van der Waals surface area contributed by atoms with Gasteiger partial charge in [0, 0.05) is 11.6 Å². The molecule has 4 aromatic rings. The summed E-state index contributed by atoms with van der Waals surface area (Å²) in [4.78, 5) is 16.0. The molecule has 5 N–H and O–H groups in total. The summed E-state index contributed by atoms with van der Waals surface area (Å²) >= 11 is 0. The Hall–Kier alpha value is -4.43. The minimum Gasteiger partial charge on any atom is -0.507 e. The van der Waals surface area contributed by atoms with Gasteiger partial charge in [-0.05, 0) is 36.4 Å². The zero-order chi connectivity index (χ0) is 23.6. The van der Waals surface area contributed by atoms with E-state index in [4.69, 9.17) is 16.2 Å². The van der Waals surface area contributed by atoms with E-state index in [1.54, 1.807) is 48.5 Å². The quantitative estimate of drug-likeness (QED) is 0.248. The van der Waals surface area contributed by atoms with E-state index in [1.165, 1.54) is 13.2 Å². The fourth-order valence-electron chi connectivity index (χ4n) is 2.75. The Morgan fingerprint density at radius 2 is 1.53 bits per heavy atom. The maximum Gasteiger partial charge on any atom is 0.196 e. The van der Waals surface area contributed by atoms with Crippen molar-refractivity contribution in [2.45, 2.75) is 0 Å². The predicted molar refractivity (Wildman–Crippen MR) is 135 cm³/mol. The van der Waals surface area contributed by atoms with Crippen LogP contribution in [-0.4, -0.2) is 23.0 Å². The molecule has 0 bridgehead atoms. The molecule has 0 fully saturated rings. The Kier molecular flexibility index (Phi) is 9.55. The van der Waals surface area contributed by atoms with Crippen LogP contribution in [0.3, 0.4) is 0 Å². The second-order valence-corrected chi connectivity index (χ2v) is 6.75. The van der Waals surface area contributed by atoms with E-state index in [-0.39, 0.29) is 35.3 Å². The molecule has 0 radical (unpaired) electrons. The molecule has 0 aliphatic rings. The first-order valence-electron chi connectivity index (χ1n) is 9.93. The summed E-state index contributed by atoms with van der Waals surface area (Å²) < 4.78 is 4.96. The van der Waals surface area contributed by atoms with Gasteiger partial charge in [-0.15, -0.1) is 17.5 Å². The maximum atomic E-state index is 12.1. The Balaban J connectivity index is 0.000000234. The monoisotopic (exact) mass is 477 g/mol. The van der Waals surface area contributed by atoms with Crippen molar-refractivity contribution in [3.05, 3.63) is 102 Å². The fraction of sp³-hybridized carbons (Fsp3) is 0.0400. The number of aromatic nitrogens is 1. The first kappa shape index (κ1) is 25.8. The SMILES string of the molecule is COc1ccc(C(=O)c2ccccc2)c(O)c1.Cl.Nc1ccc(N=Nc2ccccc2)c(N)n1. The van der Waals surface area contributed by atoms with Crippen molar-refractivity contribution in [2.24, 2.45) is 10.2 Å². The number of nitrogens with two attached hydrogens (primary N) is 2. The number of rotatable bonds is 5. The molecule has 0 aliphatic carbocycles. The lowest BCUT2D eigenvalue weighted by Gasteiger charge is -2.06. The number of anilines is 2. The van der Waals surface area contributed by atoms with Gasteiger partial charge < -0.3 is 21.3 Å². The molecule has 1 heterocycles. The van der Waals surface area contributed by atoms with Gasteiger partial charge in [0.1, 0.15) is 23.0 Å². The standard InChI is InChI=1S/C14H12O3.C11H11N5.ClH/c1-17-11-7-8-12(13(15)9-11)14(16)10-5-3-2-4-6-10;12-10-7-6-9(11(13)14-10)16-15-8-4-2-1-3-5-8;/h2-9,15H,1H3;1-7H,(H4,12,13,14);1H. The number of pyridine rings is 1. The number of carbonyl (C=O) groups excluding carboxylic acids is 1. The van der Waals surface area contributed by atoms with Gasteiger partial charge in [0.2, 0.25) is 0 Å². The minimum absolute atomic E-state index is 0. The van der Waals surface area contributed by atoms with E-state index in [2.05, 4.69) is 15.2 Å². The van der Waals surface area contributed by atoms with Crippen molar-refractivity contribution in [1.29, 1.82) is 0 Å². The molecule has 0 saturated heterocycles. The molecule has 0 aliphatic heterocycles. The molecule has 9 heteroatoms. The van der Waals surface area contributed by atoms with Gasteiger partial charge in [0.15, 0.2) is 11.6 Å². The van der Waals surface area contributed by atoms with E-state index in [0.717, 1.165) is 5.69 Å². The molecule has 8 nitrogen and oxygen atoms in total. The molecule has 0 atom stereocenters. The molecule has 0 saturated carbocycles. The number of phenolic OH excluding ortho intramolecular Hbond substituents is 1. The zero-order valence-electron chi connectivity index (χ0n) is 18.3. The lowest BCUT2D eigenvalue weighted by Crippen LogP contribution is -2.01. The number of nitrogens with zero attached hydrogens (tertiary/aromatic N) is 3. The smallest absolute Gasteiger partial charge is 0.196 e. The highest BCUT2D eigenvalue weighted by Gasteiger charge is 2.13. The third-order valence-electron chi connectivity index (χ3n) is 4.44. The van der Waals surface area contributed by atoms with Gasteiger partial charge in [-0.2, -0.15) is 5.11 Å². The maximum absolute atomic E-state index is 12.1.